The lowest BCUT2D eigenvalue weighted by Crippen LogP contribution is -2.20. The van der Waals surface area contributed by atoms with E-state index in [1.54, 1.807) is 0 Å². The zero-order valence-electron chi connectivity index (χ0n) is 7.96. The average Bonchev–Trinajstić information content (AvgIpc) is 2.18. The Kier molecular flexibility index (Phi) is 3.49. The number of aldehydes is 1. The van der Waals surface area contributed by atoms with Crippen molar-refractivity contribution < 1.29 is 31.5 Å². The van der Waals surface area contributed by atoms with Crippen LogP contribution < -0.4 is 10.5 Å². The van der Waals surface area contributed by atoms with Crippen LogP contribution in [0.25, 0.3) is 0 Å². The molecule has 1 aromatic heterocycles. The van der Waals surface area contributed by atoms with Crippen LogP contribution >= 0.6 is 0 Å². The van der Waals surface area contributed by atoms with Gasteiger partial charge >= 0.3 is 6.36 Å². The fraction of sp³-hybridized carbons (Fsp3) is 0.250. The molecule has 9 heteroatoms. The SMILES string of the molecule is Nc1ncc(C=O)c(C(F)F)c1OC(F)(F)F. The molecule has 0 saturated heterocycles. The molecule has 0 aromatic carbocycles. The highest BCUT2D eigenvalue weighted by Gasteiger charge is 2.35. The van der Waals surface area contributed by atoms with Crippen LogP contribution in [0, 0.1) is 0 Å². The summed E-state index contributed by atoms with van der Waals surface area (Å²) in [5, 5.41) is 0. The molecule has 0 aliphatic carbocycles. The third-order valence-corrected chi connectivity index (χ3v) is 1.69. The largest absolute Gasteiger partial charge is 0.573 e. The van der Waals surface area contributed by atoms with Crippen LogP contribution in [0.1, 0.15) is 22.3 Å². The maximum atomic E-state index is 12.5. The molecule has 0 unspecified atom stereocenters. The van der Waals surface area contributed by atoms with E-state index in [0.29, 0.717) is 6.20 Å². The summed E-state index contributed by atoms with van der Waals surface area (Å²) < 4.78 is 64.3. The molecule has 0 atom stereocenters. The van der Waals surface area contributed by atoms with Gasteiger partial charge in [0.05, 0.1) is 5.56 Å². The lowest BCUT2D eigenvalue weighted by Gasteiger charge is -2.15. The molecule has 0 saturated carbocycles. The average molecular weight is 256 g/mol. The monoisotopic (exact) mass is 256 g/mol. The maximum absolute atomic E-state index is 12.5. The van der Waals surface area contributed by atoms with Gasteiger partial charge in [0.25, 0.3) is 6.43 Å². The smallest absolute Gasteiger partial charge is 0.401 e. The lowest BCUT2D eigenvalue weighted by atomic mass is 10.1. The molecule has 1 heterocycles. The van der Waals surface area contributed by atoms with Gasteiger partial charge in [0.1, 0.15) is 0 Å². The van der Waals surface area contributed by atoms with E-state index in [1.807, 2.05) is 0 Å². The Morgan fingerprint density at radius 1 is 1.41 bits per heavy atom. The number of nitrogen functional groups attached to an aromatic ring is 1. The van der Waals surface area contributed by atoms with Crippen molar-refractivity contribution in [1.29, 1.82) is 0 Å². The number of halogens is 5. The van der Waals surface area contributed by atoms with E-state index >= 15 is 0 Å². The highest BCUT2D eigenvalue weighted by Crippen LogP contribution is 2.37. The molecule has 0 amide bonds. The number of nitrogens with two attached hydrogens (primary N) is 1. The normalized spacial score (nSPS) is 11.6. The summed E-state index contributed by atoms with van der Waals surface area (Å²) in [6.45, 7) is 0. The molecular formula is C8H5F5N2O2. The molecule has 1 rings (SSSR count). The molecule has 17 heavy (non-hydrogen) atoms. The van der Waals surface area contributed by atoms with Crippen molar-refractivity contribution in [2.24, 2.45) is 0 Å². The van der Waals surface area contributed by atoms with Crippen LogP contribution in [-0.4, -0.2) is 17.6 Å². The molecule has 0 fully saturated rings. The summed E-state index contributed by atoms with van der Waals surface area (Å²) in [4.78, 5) is 13.6. The summed E-state index contributed by atoms with van der Waals surface area (Å²) in [6.07, 6.45) is -7.97. The molecule has 94 valence electrons. The van der Waals surface area contributed by atoms with E-state index < -0.39 is 35.5 Å². The van der Waals surface area contributed by atoms with Crippen LogP contribution in [0.2, 0.25) is 0 Å². The number of hydrogen-bond donors (Lipinski definition) is 1. The van der Waals surface area contributed by atoms with Crippen LogP contribution in [0.4, 0.5) is 27.8 Å². The summed E-state index contributed by atoms with van der Waals surface area (Å²) in [7, 11) is 0. The first kappa shape index (κ1) is 13.1. The van der Waals surface area contributed by atoms with Gasteiger partial charge < -0.3 is 10.5 Å². The van der Waals surface area contributed by atoms with Gasteiger partial charge in [-0.1, -0.05) is 0 Å². The van der Waals surface area contributed by atoms with Crippen LogP contribution in [-0.2, 0) is 0 Å². The summed E-state index contributed by atoms with van der Waals surface area (Å²) >= 11 is 0. The predicted octanol–water partition coefficient (Wildman–Crippen LogP) is 2.31. The van der Waals surface area contributed by atoms with Gasteiger partial charge in [0.15, 0.2) is 17.9 Å². The Bertz CT molecular complexity index is 433. The van der Waals surface area contributed by atoms with Gasteiger partial charge in [-0.3, -0.25) is 4.79 Å². The van der Waals surface area contributed by atoms with Gasteiger partial charge in [-0.25, -0.2) is 13.8 Å². The predicted molar refractivity (Wildman–Crippen MR) is 45.7 cm³/mol. The number of alkyl halides is 5. The quantitative estimate of drug-likeness (QED) is 0.665. The van der Waals surface area contributed by atoms with Gasteiger partial charge in [-0.15, -0.1) is 13.2 Å². The lowest BCUT2D eigenvalue weighted by molar-refractivity contribution is -0.275. The van der Waals surface area contributed by atoms with Crippen LogP contribution in [0.3, 0.4) is 0 Å². The van der Waals surface area contributed by atoms with Gasteiger partial charge in [-0.05, 0) is 0 Å². The van der Waals surface area contributed by atoms with Crippen molar-refractivity contribution in [2.75, 3.05) is 5.73 Å². The van der Waals surface area contributed by atoms with Crippen molar-refractivity contribution in [1.82, 2.24) is 4.98 Å². The standard InChI is InChI=1S/C8H5F5N2O2/c9-6(10)4-3(2-16)1-15-7(14)5(4)17-8(11,12)13/h1-2,6H,(H2,14,15). The topological polar surface area (TPSA) is 65.2 Å². The van der Waals surface area contributed by atoms with Crippen LogP contribution in [0.15, 0.2) is 6.20 Å². The second-order valence-electron chi connectivity index (χ2n) is 2.81. The van der Waals surface area contributed by atoms with E-state index in [0.717, 1.165) is 0 Å². The number of carbonyl (C=O) groups is 1. The molecule has 0 bridgehead atoms. The Hall–Kier alpha value is -1.93. The maximum Gasteiger partial charge on any atom is 0.573 e. The number of rotatable bonds is 3. The van der Waals surface area contributed by atoms with Crippen molar-refractivity contribution in [2.45, 2.75) is 12.8 Å². The first-order valence-electron chi connectivity index (χ1n) is 4.03. The van der Waals surface area contributed by atoms with E-state index in [9.17, 15) is 26.7 Å². The van der Waals surface area contributed by atoms with E-state index in [4.69, 9.17) is 5.73 Å². The van der Waals surface area contributed by atoms with Crippen molar-refractivity contribution in [3.63, 3.8) is 0 Å². The van der Waals surface area contributed by atoms with E-state index in [2.05, 4.69) is 9.72 Å². The second kappa shape index (κ2) is 4.52. The molecule has 0 spiro atoms. The number of pyridine rings is 1. The molecular weight excluding hydrogens is 251 g/mol. The Morgan fingerprint density at radius 3 is 2.41 bits per heavy atom. The summed E-state index contributed by atoms with van der Waals surface area (Å²) in [6, 6.07) is 0. The van der Waals surface area contributed by atoms with E-state index in [-0.39, 0.29) is 6.29 Å². The zero-order valence-corrected chi connectivity index (χ0v) is 7.96. The fourth-order valence-corrected chi connectivity index (χ4v) is 1.08. The molecule has 4 nitrogen and oxygen atoms in total. The first-order chi connectivity index (χ1) is 7.76. The third-order valence-electron chi connectivity index (χ3n) is 1.69. The minimum Gasteiger partial charge on any atom is -0.401 e. The Balaban J connectivity index is 3.39. The number of aromatic nitrogens is 1. The van der Waals surface area contributed by atoms with Gasteiger partial charge in [-0.2, -0.15) is 0 Å². The fourth-order valence-electron chi connectivity index (χ4n) is 1.08. The third kappa shape index (κ3) is 3.02. The van der Waals surface area contributed by atoms with E-state index in [1.165, 1.54) is 0 Å². The minimum atomic E-state index is -5.21. The zero-order chi connectivity index (χ0) is 13.2. The Labute approximate surface area is 91.2 Å². The van der Waals surface area contributed by atoms with Gasteiger partial charge in [0, 0.05) is 11.8 Å². The molecule has 0 aliphatic rings. The number of anilines is 1. The Morgan fingerprint density at radius 2 is 2.00 bits per heavy atom. The summed E-state index contributed by atoms with van der Waals surface area (Å²) in [5.74, 6) is -2.22. The molecule has 1 aromatic rings. The second-order valence-corrected chi connectivity index (χ2v) is 2.81. The minimum absolute atomic E-state index is 0.0584. The van der Waals surface area contributed by atoms with Crippen molar-refractivity contribution in [3.8, 4) is 5.75 Å². The van der Waals surface area contributed by atoms with Gasteiger partial charge in [0.2, 0.25) is 0 Å². The summed E-state index contributed by atoms with van der Waals surface area (Å²) in [5.41, 5.74) is 3.06. The molecule has 0 aliphatic heterocycles. The number of carbonyl (C=O) groups excluding carboxylic acids is 1. The number of ether oxygens (including phenoxy) is 1. The highest BCUT2D eigenvalue weighted by molar-refractivity contribution is 5.80. The molecule has 0 radical (unpaired) electrons. The molecule has 2 N–H and O–H groups in total. The highest BCUT2D eigenvalue weighted by atomic mass is 19.4. The number of nitrogens with zero attached hydrogens (tertiary/aromatic N) is 1. The van der Waals surface area contributed by atoms with Crippen LogP contribution in [0.5, 0.6) is 5.75 Å². The number of hydrogen-bond acceptors (Lipinski definition) is 4. The first-order valence-corrected chi connectivity index (χ1v) is 4.03. The van der Waals surface area contributed by atoms with Crippen molar-refractivity contribution in [3.05, 3.63) is 17.3 Å². The van der Waals surface area contributed by atoms with Crippen molar-refractivity contribution >= 4 is 12.1 Å².